The van der Waals surface area contributed by atoms with Gasteiger partial charge in [-0.1, -0.05) is 13.8 Å². The molecule has 0 aromatic heterocycles. The predicted octanol–water partition coefficient (Wildman–Crippen LogP) is 1.53. The smallest absolute Gasteiger partial charge is 0.338 e. The number of carbonyl (C=O) groups excluding carboxylic acids is 2. The van der Waals surface area contributed by atoms with Crippen molar-refractivity contribution in [3.8, 4) is 11.5 Å². The molecular weight excluding hydrogens is 386 g/mol. The summed E-state index contributed by atoms with van der Waals surface area (Å²) in [5.74, 6) is -0.0563. The fourth-order valence-electron chi connectivity index (χ4n) is 3.09. The Bertz CT molecular complexity index is 797. The summed E-state index contributed by atoms with van der Waals surface area (Å²) in [5, 5.41) is 0. The SMILES string of the molecule is COc1cc(OC)cc(C(=O)OCC(=O)N(CC(C)C)C2CCS(=O)(=O)C2)c1. The molecule has 1 atom stereocenters. The van der Waals surface area contributed by atoms with Crippen LogP contribution in [0, 0.1) is 5.92 Å². The molecule has 1 aromatic carbocycles. The average molecular weight is 413 g/mol. The topological polar surface area (TPSA) is 99.2 Å². The van der Waals surface area contributed by atoms with Crippen molar-refractivity contribution < 1.29 is 32.2 Å². The van der Waals surface area contributed by atoms with Crippen molar-refractivity contribution in [3.05, 3.63) is 23.8 Å². The van der Waals surface area contributed by atoms with Crippen LogP contribution in [0.2, 0.25) is 0 Å². The third-order valence-electron chi connectivity index (χ3n) is 4.45. The first-order valence-electron chi connectivity index (χ1n) is 9.05. The third-order valence-corrected chi connectivity index (χ3v) is 6.20. The lowest BCUT2D eigenvalue weighted by atomic mass is 10.1. The minimum Gasteiger partial charge on any atom is -0.497 e. The van der Waals surface area contributed by atoms with Crippen molar-refractivity contribution in [2.75, 3.05) is 38.9 Å². The molecule has 1 saturated heterocycles. The maximum atomic E-state index is 12.7. The zero-order valence-corrected chi connectivity index (χ0v) is 17.5. The van der Waals surface area contributed by atoms with Gasteiger partial charge in [-0.15, -0.1) is 0 Å². The molecule has 0 aliphatic carbocycles. The highest BCUT2D eigenvalue weighted by molar-refractivity contribution is 7.91. The number of sulfone groups is 1. The van der Waals surface area contributed by atoms with Gasteiger partial charge < -0.3 is 19.1 Å². The van der Waals surface area contributed by atoms with E-state index in [-0.39, 0.29) is 29.0 Å². The second-order valence-corrected chi connectivity index (χ2v) is 9.40. The van der Waals surface area contributed by atoms with E-state index in [2.05, 4.69) is 0 Å². The molecule has 0 N–H and O–H groups in total. The molecule has 8 nitrogen and oxygen atoms in total. The first kappa shape index (κ1) is 22.0. The minimum atomic E-state index is -3.13. The second kappa shape index (κ2) is 9.27. The van der Waals surface area contributed by atoms with E-state index in [0.29, 0.717) is 24.5 Å². The molecule has 1 amide bonds. The third kappa shape index (κ3) is 5.85. The van der Waals surface area contributed by atoms with Gasteiger partial charge in [0, 0.05) is 18.7 Å². The van der Waals surface area contributed by atoms with Crippen molar-refractivity contribution in [3.63, 3.8) is 0 Å². The maximum absolute atomic E-state index is 12.7. The van der Waals surface area contributed by atoms with Gasteiger partial charge in [-0.3, -0.25) is 4.79 Å². The molecule has 0 saturated carbocycles. The Morgan fingerprint density at radius 1 is 1.14 bits per heavy atom. The molecule has 0 bridgehead atoms. The van der Waals surface area contributed by atoms with Crippen LogP contribution >= 0.6 is 0 Å². The number of methoxy groups -OCH3 is 2. The van der Waals surface area contributed by atoms with E-state index < -0.39 is 28.3 Å². The van der Waals surface area contributed by atoms with Crippen molar-refractivity contribution in [1.29, 1.82) is 0 Å². The molecule has 1 fully saturated rings. The molecule has 2 rings (SSSR count). The molecule has 156 valence electrons. The van der Waals surface area contributed by atoms with Crippen molar-refractivity contribution in [2.45, 2.75) is 26.3 Å². The molecule has 0 radical (unpaired) electrons. The molecule has 1 aliphatic rings. The summed E-state index contributed by atoms with van der Waals surface area (Å²) in [6.45, 7) is 3.84. The van der Waals surface area contributed by atoms with Crippen LogP contribution in [-0.4, -0.2) is 70.1 Å². The molecule has 28 heavy (non-hydrogen) atoms. The van der Waals surface area contributed by atoms with Gasteiger partial charge >= 0.3 is 5.97 Å². The lowest BCUT2D eigenvalue weighted by Gasteiger charge is -2.29. The van der Waals surface area contributed by atoms with Gasteiger partial charge in [0.25, 0.3) is 5.91 Å². The summed E-state index contributed by atoms with van der Waals surface area (Å²) in [5.41, 5.74) is 0.197. The fourth-order valence-corrected chi connectivity index (χ4v) is 4.82. The van der Waals surface area contributed by atoms with Crippen LogP contribution in [0.15, 0.2) is 18.2 Å². The standard InChI is InChI=1S/C19H27NO7S/c1-13(2)10-20(15-5-6-28(23,24)12-15)18(21)11-27-19(22)14-7-16(25-3)9-17(8-14)26-4/h7-9,13,15H,5-6,10-12H2,1-4H3. The number of rotatable bonds is 8. The van der Waals surface area contributed by atoms with Crippen molar-refractivity contribution in [2.24, 2.45) is 5.92 Å². The van der Waals surface area contributed by atoms with Crippen LogP contribution in [0.4, 0.5) is 0 Å². The van der Waals surface area contributed by atoms with Crippen molar-refractivity contribution in [1.82, 2.24) is 4.90 Å². The van der Waals surface area contributed by atoms with Gasteiger partial charge in [0.2, 0.25) is 0 Å². The zero-order chi connectivity index (χ0) is 20.9. The first-order chi connectivity index (χ1) is 13.1. The number of ether oxygens (including phenoxy) is 3. The second-order valence-electron chi connectivity index (χ2n) is 7.17. The van der Waals surface area contributed by atoms with Crippen LogP contribution in [0.5, 0.6) is 11.5 Å². The Hall–Kier alpha value is -2.29. The highest BCUT2D eigenvalue weighted by Crippen LogP contribution is 2.23. The first-order valence-corrected chi connectivity index (χ1v) is 10.9. The molecular formula is C19H27NO7S. The van der Waals surface area contributed by atoms with Gasteiger partial charge in [0.1, 0.15) is 11.5 Å². The molecule has 9 heteroatoms. The van der Waals surface area contributed by atoms with Crippen LogP contribution in [0.1, 0.15) is 30.6 Å². The Labute approximate surface area is 165 Å². The largest absolute Gasteiger partial charge is 0.497 e. The van der Waals surface area contributed by atoms with E-state index in [1.165, 1.54) is 31.3 Å². The van der Waals surface area contributed by atoms with E-state index in [1.807, 2.05) is 13.8 Å². The summed E-state index contributed by atoms with van der Waals surface area (Å²) in [6, 6.07) is 4.22. The zero-order valence-electron chi connectivity index (χ0n) is 16.6. The Morgan fingerprint density at radius 2 is 1.75 bits per heavy atom. The number of amides is 1. The number of nitrogens with zero attached hydrogens (tertiary/aromatic N) is 1. The number of esters is 1. The van der Waals surface area contributed by atoms with Gasteiger partial charge in [-0.05, 0) is 24.5 Å². The van der Waals surface area contributed by atoms with Crippen LogP contribution < -0.4 is 9.47 Å². The summed E-state index contributed by atoms with van der Waals surface area (Å²) >= 11 is 0. The van der Waals surface area contributed by atoms with E-state index >= 15 is 0 Å². The number of carbonyl (C=O) groups is 2. The van der Waals surface area contributed by atoms with Gasteiger partial charge in [0.15, 0.2) is 16.4 Å². The maximum Gasteiger partial charge on any atom is 0.338 e. The summed E-state index contributed by atoms with van der Waals surface area (Å²) in [7, 11) is -0.199. The van der Waals surface area contributed by atoms with E-state index in [0.717, 1.165) is 0 Å². The monoisotopic (exact) mass is 413 g/mol. The number of hydrogen-bond acceptors (Lipinski definition) is 7. The van der Waals surface area contributed by atoms with Gasteiger partial charge in [0.05, 0.1) is 31.3 Å². The van der Waals surface area contributed by atoms with E-state index in [9.17, 15) is 18.0 Å². The summed E-state index contributed by atoms with van der Waals surface area (Å²) in [4.78, 5) is 26.5. The highest BCUT2D eigenvalue weighted by Gasteiger charge is 2.35. The number of benzene rings is 1. The Morgan fingerprint density at radius 3 is 2.21 bits per heavy atom. The summed E-state index contributed by atoms with van der Waals surface area (Å²) in [6.07, 6.45) is 0.405. The predicted molar refractivity (Wildman–Crippen MR) is 103 cm³/mol. The van der Waals surface area contributed by atoms with Crippen LogP contribution in [-0.2, 0) is 19.4 Å². The van der Waals surface area contributed by atoms with Crippen LogP contribution in [0.3, 0.4) is 0 Å². The van der Waals surface area contributed by atoms with Crippen molar-refractivity contribution >= 4 is 21.7 Å². The van der Waals surface area contributed by atoms with Gasteiger partial charge in [-0.25, -0.2) is 13.2 Å². The lowest BCUT2D eigenvalue weighted by Crippen LogP contribution is -2.45. The van der Waals surface area contributed by atoms with Crippen LogP contribution in [0.25, 0.3) is 0 Å². The van der Waals surface area contributed by atoms with E-state index in [4.69, 9.17) is 14.2 Å². The lowest BCUT2D eigenvalue weighted by molar-refractivity contribution is -0.137. The van der Waals surface area contributed by atoms with E-state index in [1.54, 1.807) is 6.07 Å². The van der Waals surface area contributed by atoms with Gasteiger partial charge in [-0.2, -0.15) is 0 Å². The highest BCUT2D eigenvalue weighted by atomic mass is 32.2. The molecule has 1 heterocycles. The number of hydrogen-bond donors (Lipinski definition) is 0. The molecule has 1 unspecified atom stereocenters. The molecule has 1 aromatic rings. The molecule has 0 spiro atoms. The minimum absolute atomic E-state index is 0.0491. The molecule has 1 aliphatic heterocycles. The quantitative estimate of drug-likeness (QED) is 0.596. The normalized spacial score (nSPS) is 18.0. The fraction of sp³-hybridized carbons (Fsp3) is 0.579. The average Bonchev–Trinajstić information content (AvgIpc) is 3.02. The Balaban J connectivity index is 2.06. The Kier molecular flexibility index (Phi) is 7.29. The summed E-state index contributed by atoms with van der Waals surface area (Å²) < 4.78 is 39.0.